The molecule has 18 heavy (non-hydrogen) atoms. The van der Waals surface area contributed by atoms with E-state index in [0.29, 0.717) is 5.69 Å². The molecule has 0 spiro atoms. The van der Waals surface area contributed by atoms with E-state index >= 15 is 0 Å². The van der Waals surface area contributed by atoms with Gasteiger partial charge in [-0.05, 0) is 18.4 Å². The highest BCUT2D eigenvalue weighted by molar-refractivity contribution is 7.10. The van der Waals surface area contributed by atoms with Crippen LogP contribution >= 0.6 is 11.3 Å². The van der Waals surface area contributed by atoms with Gasteiger partial charge in [0.2, 0.25) is 0 Å². The highest BCUT2D eigenvalue weighted by atomic mass is 32.1. The first kappa shape index (κ1) is 12.9. The van der Waals surface area contributed by atoms with E-state index in [-0.39, 0.29) is 6.04 Å². The average Bonchev–Trinajstić information content (AvgIpc) is 2.86. The van der Waals surface area contributed by atoms with Crippen LogP contribution in [0, 0.1) is 0 Å². The number of aromatic nitrogens is 2. The monoisotopic (exact) mass is 275 g/mol. The topological polar surface area (TPSA) is 29.9 Å². The average molecular weight is 275 g/mol. The number of hydrogen-bond acceptors (Lipinski definition) is 3. The molecule has 0 aromatic carbocycles. The lowest BCUT2D eigenvalue weighted by Gasteiger charge is -2.11. The zero-order valence-corrected chi connectivity index (χ0v) is 10.4. The highest BCUT2D eigenvalue weighted by Crippen LogP contribution is 2.23. The minimum atomic E-state index is -4.25. The van der Waals surface area contributed by atoms with Crippen molar-refractivity contribution in [3.05, 3.63) is 34.8 Å². The van der Waals surface area contributed by atoms with Crippen LogP contribution in [-0.4, -0.2) is 16.0 Å². The van der Waals surface area contributed by atoms with Crippen molar-refractivity contribution in [2.75, 3.05) is 5.32 Å². The van der Waals surface area contributed by atoms with Gasteiger partial charge in [0, 0.05) is 11.1 Å². The molecule has 1 N–H and O–H groups in total. The number of hydrogen-bond donors (Lipinski definition) is 1. The van der Waals surface area contributed by atoms with E-state index in [1.54, 1.807) is 11.3 Å². The van der Waals surface area contributed by atoms with Crippen LogP contribution in [0.2, 0.25) is 0 Å². The SMILES string of the molecule is CC(Nc1cnn(CC(F)(F)F)c1)c1cccs1. The summed E-state index contributed by atoms with van der Waals surface area (Å²) in [6, 6.07) is 3.96. The number of thiophene rings is 1. The fourth-order valence-electron chi connectivity index (χ4n) is 1.57. The van der Waals surface area contributed by atoms with Crippen LogP contribution in [0.5, 0.6) is 0 Å². The number of nitrogens with zero attached hydrogens (tertiary/aromatic N) is 2. The molecule has 2 rings (SSSR count). The maximum atomic E-state index is 12.2. The Morgan fingerprint density at radius 1 is 1.50 bits per heavy atom. The van der Waals surface area contributed by atoms with Gasteiger partial charge in [-0.3, -0.25) is 4.68 Å². The van der Waals surface area contributed by atoms with Crippen LogP contribution in [0.15, 0.2) is 29.9 Å². The predicted molar refractivity (Wildman–Crippen MR) is 64.6 cm³/mol. The molecule has 0 aliphatic heterocycles. The summed E-state index contributed by atoms with van der Waals surface area (Å²) in [4.78, 5) is 1.12. The Morgan fingerprint density at radius 2 is 2.28 bits per heavy atom. The van der Waals surface area contributed by atoms with Crippen molar-refractivity contribution in [2.24, 2.45) is 0 Å². The van der Waals surface area contributed by atoms with Gasteiger partial charge in [-0.25, -0.2) is 0 Å². The molecule has 0 aliphatic rings. The fraction of sp³-hybridized carbons (Fsp3) is 0.364. The molecule has 98 valence electrons. The van der Waals surface area contributed by atoms with E-state index in [2.05, 4.69) is 10.4 Å². The summed E-state index contributed by atoms with van der Waals surface area (Å²) in [7, 11) is 0. The molecule has 3 nitrogen and oxygen atoms in total. The minimum absolute atomic E-state index is 0.0496. The zero-order valence-electron chi connectivity index (χ0n) is 9.61. The van der Waals surface area contributed by atoms with E-state index in [1.165, 1.54) is 12.4 Å². The third-order valence-electron chi connectivity index (χ3n) is 2.33. The molecule has 0 saturated carbocycles. The highest BCUT2D eigenvalue weighted by Gasteiger charge is 2.28. The Balaban J connectivity index is 1.98. The Kier molecular flexibility index (Phi) is 3.60. The fourth-order valence-corrected chi connectivity index (χ4v) is 2.30. The summed E-state index contributed by atoms with van der Waals surface area (Å²) in [6.07, 6.45) is -1.49. The van der Waals surface area contributed by atoms with E-state index in [4.69, 9.17) is 0 Å². The lowest BCUT2D eigenvalue weighted by atomic mass is 10.3. The van der Waals surface area contributed by atoms with Crippen LogP contribution in [-0.2, 0) is 6.54 Å². The Morgan fingerprint density at radius 3 is 2.89 bits per heavy atom. The molecule has 0 radical (unpaired) electrons. The maximum absolute atomic E-state index is 12.2. The van der Waals surface area contributed by atoms with Gasteiger partial charge >= 0.3 is 6.18 Å². The van der Waals surface area contributed by atoms with Crippen molar-refractivity contribution in [3.8, 4) is 0 Å². The summed E-state index contributed by atoms with van der Waals surface area (Å²) in [6.45, 7) is 0.884. The summed E-state index contributed by atoms with van der Waals surface area (Å²) in [5.74, 6) is 0. The van der Waals surface area contributed by atoms with Gasteiger partial charge in [-0.15, -0.1) is 11.3 Å². The van der Waals surface area contributed by atoms with Crippen molar-refractivity contribution in [1.29, 1.82) is 0 Å². The Labute approximate surface area is 106 Å². The van der Waals surface area contributed by atoms with E-state index in [1.807, 2.05) is 24.4 Å². The quantitative estimate of drug-likeness (QED) is 0.922. The first-order chi connectivity index (χ1) is 8.44. The molecule has 7 heteroatoms. The molecule has 0 fully saturated rings. The van der Waals surface area contributed by atoms with Crippen LogP contribution in [0.3, 0.4) is 0 Å². The van der Waals surface area contributed by atoms with Crippen LogP contribution in [0.1, 0.15) is 17.8 Å². The van der Waals surface area contributed by atoms with Gasteiger partial charge in [0.15, 0.2) is 0 Å². The van der Waals surface area contributed by atoms with E-state index < -0.39 is 12.7 Å². The van der Waals surface area contributed by atoms with E-state index in [0.717, 1.165) is 9.56 Å². The predicted octanol–water partition coefficient (Wildman–Crippen LogP) is 3.68. The van der Waals surface area contributed by atoms with Gasteiger partial charge in [0.1, 0.15) is 6.54 Å². The molecule has 2 heterocycles. The van der Waals surface area contributed by atoms with Crippen molar-refractivity contribution in [2.45, 2.75) is 25.7 Å². The molecule has 0 saturated heterocycles. The molecule has 0 amide bonds. The van der Waals surface area contributed by atoms with Crippen LogP contribution in [0.4, 0.5) is 18.9 Å². The van der Waals surface area contributed by atoms with Gasteiger partial charge in [-0.1, -0.05) is 6.07 Å². The minimum Gasteiger partial charge on any atom is -0.375 e. The normalized spacial score (nSPS) is 13.6. The largest absolute Gasteiger partial charge is 0.408 e. The molecular weight excluding hydrogens is 263 g/mol. The second kappa shape index (κ2) is 5.01. The Hall–Kier alpha value is -1.50. The first-order valence-corrected chi connectivity index (χ1v) is 6.21. The van der Waals surface area contributed by atoms with Crippen LogP contribution < -0.4 is 5.32 Å². The molecule has 1 unspecified atom stereocenters. The molecule has 2 aromatic heterocycles. The van der Waals surface area contributed by atoms with E-state index in [9.17, 15) is 13.2 Å². The van der Waals surface area contributed by atoms with Crippen molar-refractivity contribution in [3.63, 3.8) is 0 Å². The summed E-state index contributed by atoms with van der Waals surface area (Å²) in [5.41, 5.74) is 0.583. The molecule has 1 atom stereocenters. The maximum Gasteiger partial charge on any atom is 0.408 e. The second-order valence-corrected chi connectivity index (χ2v) is 4.90. The standard InChI is InChI=1S/C11H12F3N3S/c1-8(10-3-2-4-18-10)16-9-5-15-17(6-9)7-11(12,13)14/h2-6,8,16H,7H2,1H3. The molecular formula is C11H12F3N3S. The Bertz CT molecular complexity index is 490. The molecule has 2 aromatic rings. The zero-order chi connectivity index (χ0) is 13.2. The smallest absolute Gasteiger partial charge is 0.375 e. The number of rotatable bonds is 4. The van der Waals surface area contributed by atoms with Gasteiger partial charge < -0.3 is 5.32 Å². The van der Waals surface area contributed by atoms with Crippen molar-refractivity contribution < 1.29 is 13.2 Å². The molecule has 0 bridgehead atoms. The third-order valence-corrected chi connectivity index (χ3v) is 3.38. The van der Waals surface area contributed by atoms with Crippen molar-refractivity contribution in [1.82, 2.24) is 9.78 Å². The lowest BCUT2D eigenvalue weighted by Crippen LogP contribution is -2.17. The van der Waals surface area contributed by atoms with Gasteiger partial charge in [0.25, 0.3) is 0 Å². The van der Waals surface area contributed by atoms with Gasteiger partial charge in [-0.2, -0.15) is 18.3 Å². The number of nitrogens with one attached hydrogen (secondary N) is 1. The van der Waals surface area contributed by atoms with Crippen molar-refractivity contribution >= 4 is 17.0 Å². The van der Waals surface area contributed by atoms with Gasteiger partial charge in [0.05, 0.1) is 17.9 Å². The molecule has 0 aliphatic carbocycles. The summed E-state index contributed by atoms with van der Waals surface area (Å²) < 4.78 is 37.3. The summed E-state index contributed by atoms with van der Waals surface area (Å²) >= 11 is 1.60. The van der Waals surface area contributed by atoms with Crippen LogP contribution in [0.25, 0.3) is 0 Å². The second-order valence-electron chi connectivity index (χ2n) is 3.92. The number of alkyl halides is 3. The third kappa shape index (κ3) is 3.49. The first-order valence-electron chi connectivity index (χ1n) is 5.33. The summed E-state index contributed by atoms with van der Waals surface area (Å²) in [5, 5.41) is 8.74. The number of anilines is 1. The number of halogens is 3. The lowest BCUT2D eigenvalue weighted by molar-refractivity contribution is -0.142.